The lowest BCUT2D eigenvalue weighted by Crippen LogP contribution is -2.32. The smallest absolute Gasteiger partial charge is 0.328 e. The molecule has 0 saturated carbocycles. The summed E-state index contributed by atoms with van der Waals surface area (Å²) in [5.41, 5.74) is 0.362. The van der Waals surface area contributed by atoms with Crippen LogP contribution < -0.4 is 4.74 Å². The van der Waals surface area contributed by atoms with Crippen molar-refractivity contribution < 1.29 is 23.8 Å². The lowest BCUT2D eigenvalue weighted by Gasteiger charge is -2.15. The van der Waals surface area contributed by atoms with Crippen molar-refractivity contribution in [1.82, 2.24) is 4.90 Å². The summed E-state index contributed by atoms with van der Waals surface area (Å²) in [6.07, 6.45) is 4.17. The number of hydrogen-bond donors (Lipinski definition) is 1. The maximum absolute atomic E-state index is 13.4. The van der Waals surface area contributed by atoms with E-state index < -0.39 is 11.8 Å². The number of nitrogens with zero attached hydrogens (tertiary/aromatic N) is 1. The topological polar surface area (TPSA) is 66.8 Å². The third-order valence-electron chi connectivity index (χ3n) is 3.13. The monoisotopic (exact) mass is 293 g/mol. The fraction of sp³-hybridized carbons (Fsp3) is 0.333. The number of carbonyl (C=O) groups is 2. The fourth-order valence-electron chi connectivity index (χ4n) is 2.13. The molecular formula is C15H16FNO4. The number of carboxylic acids is 1. The van der Waals surface area contributed by atoms with Crippen LogP contribution in [0.5, 0.6) is 5.75 Å². The lowest BCUT2D eigenvalue weighted by molar-refractivity contribution is -0.132. The molecule has 1 N–H and O–H groups in total. The second-order valence-electron chi connectivity index (χ2n) is 4.77. The normalized spacial score (nSPS) is 14.6. The van der Waals surface area contributed by atoms with Crippen molar-refractivity contribution in [3.63, 3.8) is 0 Å². The van der Waals surface area contributed by atoms with Crippen molar-refractivity contribution in [1.29, 1.82) is 0 Å². The quantitative estimate of drug-likeness (QED) is 0.842. The second-order valence-corrected chi connectivity index (χ2v) is 4.77. The molecule has 0 unspecified atom stereocenters. The van der Waals surface area contributed by atoms with Crippen molar-refractivity contribution in [3.8, 4) is 5.75 Å². The molecule has 112 valence electrons. The maximum Gasteiger partial charge on any atom is 0.328 e. The summed E-state index contributed by atoms with van der Waals surface area (Å²) in [6, 6.07) is 3.84. The third kappa shape index (κ3) is 4.59. The van der Waals surface area contributed by atoms with Gasteiger partial charge in [-0.15, -0.1) is 0 Å². The van der Waals surface area contributed by atoms with Crippen molar-refractivity contribution in [2.24, 2.45) is 0 Å². The Bertz CT molecular complexity index is 565. The van der Waals surface area contributed by atoms with Gasteiger partial charge in [0.05, 0.1) is 0 Å². The number of carboxylic acid groups (broad SMARTS) is 1. The Morgan fingerprint density at radius 1 is 1.29 bits per heavy atom. The predicted octanol–water partition coefficient (Wildman–Crippen LogP) is 1.92. The molecule has 1 aliphatic rings. The number of benzene rings is 1. The van der Waals surface area contributed by atoms with Crippen molar-refractivity contribution in [3.05, 3.63) is 35.7 Å². The first-order valence-electron chi connectivity index (χ1n) is 6.67. The minimum absolute atomic E-state index is 0.126. The van der Waals surface area contributed by atoms with Gasteiger partial charge in [0.25, 0.3) is 5.91 Å². The van der Waals surface area contributed by atoms with E-state index >= 15 is 0 Å². The van der Waals surface area contributed by atoms with Gasteiger partial charge in [-0.05, 0) is 36.6 Å². The van der Waals surface area contributed by atoms with Gasteiger partial charge in [0.15, 0.2) is 6.61 Å². The summed E-state index contributed by atoms with van der Waals surface area (Å²) in [4.78, 5) is 24.0. The highest BCUT2D eigenvalue weighted by molar-refractivity contribution is 5.85. The first-order valence-corrected chi connectivity index (χ1v) is 6.67. The molecule has 1 fully saturated rings. The Labute approximate surface area is 121 Å². The molecule has 0 aromatic heterocycles. The number of hydrogen-bond acceptors (Lipinski definition) is 3. The highest BCUT2D eigenvalue weighted by atomic mass is 19.1. The molecule has 0 atom stereocenters. The van der Waals surface area contributed by atoms with E-state index in [2.05, 4.69) is 0 Å². The van der Waals surface area contributed by atoms with Gasteiger partial charge in [0, 0.05) is 25.2 Å². The summed E-state index contributed by atoms with van der Waals surface area (Å²) >= 11 is 0. The van der Waals surface area contributed by atoms with Crippen LogP contribution in [0.15, 0.2) is 24.3 Å². The number of amides is 1. The van der Waals surface area contributed by atoms with Gasteiger partial charge >= 0.3 is 5.97 Å². The molecule has 21 heavy (non-hydrogen) atoms. The minimum atomic E-state index is -1.12. The predicted molar refractivity (Wildman–Crippen MR) is 74.4 cm³/mol. The molecule has 0 radical (unpaired) electrons. The average molecular weight is 293 g/mol. The molecule has 0 spiro atoms. The van der Waals surface area contributed by atoms with Gasteiger partial charge in [-0.3, -0.25) is 4.79 Å². The zero-order chi connectivity index (χ0) is 15.2. The summed E-state index contributed by atoms with van der Waals surface area (Å²) in [7, 11) is 0. The standard InChI is InChI=1S/C15H16FNO4/c16-12-7-11(3-4-15(19)20)8-13(9-12)21-10-14(18)17-5-1-2-6-17/h3-4,7-9H,1-2,5-6,10H2,(H,19,20)/b4-3+. The Kier molecular flexibility index (Phi) is 4.92. The van der Waals surface area contributed by atoms with E-state index in [-0.39, 0.29) is 18.3 Å². The molecule has 1 amide bonds. The molecular weight excluding hydrogens is 277 g/mol. The molecule has 2 rings (SSSR count). The van der Waals surface area contributed by atoms with Crippen LogP contribution in [0, 0.1) is 5.82 Å². The van der Waals surface area contributed by atoms with Crippen LogP contribution in [0.4, 0.5) is 4.39 Å². The highest BCUT2D eigenvalue weighted by Crippen LogP contribution is 2.18. The maximum atomic E-state index is 13.4. The Morgan fingerprint density at radius 3 is 2.67 bits per heavy atom. The molecule has 5 nitrogen and oxygen atoms in total. The summed E-state index contributed by atoms with van der Waals surface area (Å²) in [5.74, 6) is -1.59. The number of rotatable bonds is 5. The van der Waals surface area contributed by atoms with Crippen LogP contribution in [0.25, 0.3) is 6.08 Å². The van der Waals surface area contributed by atoms with Gasteiger partial charge in [-0.25, -0.2) is 9.18 Å². The van der Waals surface area contributed by atoms with E-state index in [1.54, 1.807) is 4.90 Å². The largest absolute Gasteiger partial charge is 0.484 e. The van der Waals surface area contributed by atoms with Crippen molar-refractivity contribution >= 4 is 18.0 Å². The molecule has 1 aliphatic heterocycles. The first-order chi connectivity index (χ1) is 10.0. The van der Waals surface area contributed by atoms with Gasteiger partial charge in [-0.1, -0.05) is 0 Å². The van der Waals surface area contributed by atoms with E-state index in [1.165, 1.54) is 18.2 Å². The molecule has 1 aromatic carbocycles. The zero-order valence-corrected chi connectivity index (χ0v) is 11.4. The van der Waals surface area contributed by atoms with Gasteiger partial charge in [0.1, 0.15) is 11.6 Å². The number of aliphatic carboxylic acids is 1. The second kappa shape index (κ2) is 6.88. The van der Waals surface area contributed by atoms with Crippen molar-refractivity contribution in [2.45, 2.75) is 12.8 Å². The highest BCUT2D eigenvalue weighted by Gasteiger charge is 2.18. The summed E-state index contributed by atoms with van der Waals surface area (Å²) < 4.78 is 18.7. The van der Waals surface area contributed by atoms with E-state index in [1.807, 2.05) is 0 Å². The van der Waals surface area contributed by atoms with Crippen LogP contribution in [-0.2, 0) is 9.59 Å². The van der Waals surface area contributed by atoms with Crippen LogP contribution in [0.3, 0.4) is 0 Å². The van der Waals surface area contributed by atoms with E-state index in [0.29, 0.717) is 5.56 Å². The van der Waals surface area contributed by atoms with Crippen molar-refractivity contribution in [2.75, 3.05) is 19.7 Å². The number of halogens is 1. The lowest BCUT2D eigenvalue weighted by atomic mass is 10.2. The number of likely N-dealkylation sites (tertiary alicyclic amines) is 1. The molecule has 1 saturated heterocycles. The van der Waals surface area contributed by atoms with Crippen LogP contribution >= 0.6 is 0 Å². The van der Waals surface area contributed by atoms with Crippen LogP contribution in [-0.4, -0.2) is 41.6 Å². The zero-order valence-electron chi connectivity index (χ0n) is 11.4. The van der Waals surface area contributed by atoms with Gasteiger partial charge in [0.2, 0.25) is 0 Å². The van der Waals surface area contributed by atoms with Crippen LogP contribution in [0.2, 0.25) is 0 Å². The molecule has 0 bridgehead atoms. The van der Waals surface area contributed by atoms with Crippen LogP contribution in [0.1, 0.15) is 18.4 Å². The first kappa shape index (κ1) is 15.0. The SMILES string of the molecule is O=C(O)/C=C/c1cc(F)cc(OCC(=O)N2CCCC2)c1. The molecule has 1 aromatic rings. The van der Waals surface area contributed by atoms with E-state index in [9.17, 15) is 14.0 Å². The van der Waals surface area contributed by atoms with Gasteiger partial charge in [-0.2, -0.15) is 0 Å². The molecule has 0 aliphatic carbocycles. The third-order valence-corrected chi connectivity index (χ3v) is 3.13. The van der Waals surface area contributed by atoms with E-state index in [4.69, 9.17) is 9.84 Å². The summed E-state index contributed by atoms with van der Waals surface area (Å²) in [5, 5.41) is 8.55. The number of carbonyl (C=O) groups excluding carboxylic acids is 1. The number of ether oxygens (including phenoxy) is 1. The average Bonchev–Trinajstić information content (AvgIpc) is 2.96. The Hall–Kier alpha value is -2.37. The Balaban J connectivity index is 1.99. The minimum Gasteiger partial charge on any atom is -0.484 e. The molecule has 1 heterocycles. The fourth-order valence-corrected chi connectivity index (χ4v) is 2.13. The van der Waals surface area contributed by atoms with Gasteiger partial charge < -0.3 is 14.7 Å². The van der Waals surface area contributed by atoms with E-state index in [0.717, 1.165) is 38.1 Å². The molecule has 6 heteroatoms. The summed E-state index contributed by atoms with van der Waals surface area (Å²) in [6.45, 7) is 1.32. The Morgan fingerprint density at radius 2 is 2.00 bits per heavy atom.